The molecule has 4 nitrogen and oxygen atoms in total. The number of benzene rings is 1. The number of phenols is 1. The van der Waals surface area contributed by atoms with Crippen molar-refractivity contribution in [2.24, 2.45) is 17.6 Å². The second-order valence-corrected chi connectivity index (χ2v) is 5.51. The first-order valence-electron chi connectivity index (χ1n) is 6.12. The van der Waals surface area contributed by atoms with Gasteiger partial charge in [-0.2, -0.15) is 0 Å². The molecule has 0 heterocycles. The van der Waals surface area contributed by atoms with Crippen LogP contribution in [0.15, 0.2) is 22.7 Å². The highest BCUT2D eigenvalue weighted by atomic mass is 79.9. The van der Waals surface area contributed by atoms with E-state index in [1.807, 2.05) is 0 Å². The van der Waals surface area contributed by atoms with E-state index in [-0.39, 0.29) is 23.5 Å². The molecular weight excluding hydrogens is 296 g/mol. The summed E-state index contributed by atoms with van der Waals surface area (Å²) in [5.41, 5.74) is 6.11. The molecule has 2 rings (SSSR count). The van der Waals surface area contributed by atoms with Gasteiger partial charge in [-0.25, -0.2) is 0 Å². The van der Waals surface area contributed by atoms with Crippen molar-refractivity contribution in [3.05, 3.63) is 22.7 Å². The molecule has 0 saturated heterocycles. The maximum Gasteiger partial charge on any atom is 0.227 e. The lowest BCUT2D eigenvalue weighted by Gasteiger charge is -2.18. The van der Waals surface area contributed by atoms with E-state index in [9.17, 15) is 9.90 Å². The second kappa shape index (κ2) is 5.71. The topological polar surface area (TPSA) is 75.4 Å². The maximum atomic E-state index is 12.2. The van der Waals surface area contributed by atoms with Crippen molar-refractivity contribution in [3.8, 4) is 5.75 Å². The van der Waals surface area contributed by atoms with Gasteiger partial charge in [-0.15, -0.1) is 0 Å². The van der Waals surface area contributed by atoms with Crippen LogP contribution in [0.5, 0.6) is 5.75 Å². The molecule has 2 unspecified atom stereocenters. The van der Waals surface area contributed by atoms with Crippen LogP contribution >= 0.6 is 15.9 Å². The van der Waals surface area contributed by atoms with E-state index in [0.29, 0.717) is 16.7 Å². The molecule has 4 N–H and O–H groups in total. The van der Waals surface area contributed by atoms with Gasteiger partial charge in [-0.05, 0) is 53.4 Å². The van der Waals surface area contributed by atoms with E-state index in [4.69, 9.17) is 5.73 Å². The van der Waals surface area contributed by atoms with Gasteiger partial charge in [0.15, 0.2) is 5.75 Å². The minimum Gasteiger partial charge on any atom is -0.505 e. The van der Waals surface area contributed by atoms with E-state index in [1.165, 1.54) is 0 Å². The average molecular weight is 313 g/mol. The third kappa shape index (κ3) is 2.67. The number of carbonyl (C=O) groups is 1. The molecule has 0 radical (unpaired) electrons. The molecule has 1 aliphatic rings. The Morgan fingerprint density at radius 2 is 2.28 bits per heavy atom. The number of anilines is 1. The number of nitrogens with one attached hydrogen (secondary N) is 1. The van der Waals surface area contributed by atoms with Crippen LogP contribution in [0.2, 0.25) is 0 Å². The number of halogens is 1. The number of hydrogen-bond donors (Lipinski definition) is 3. The number of phenolic OH excluding ortho intramolecular Hbond substituents is 1. The van der Waals surface area contributed by atoms with Crippen LogP contribution in [0.3, 0.4) is 0 Å². The van der Waals surface area contributed by atoms with Gasteiger partial charge in [0.2, 0.25) is 5.91 Å². The Morgan fingerprint density at radius 1 is 1.50 bits per heavy atom. The number of aromatic hydroxyl groups is 1. The van der Waals surface area contributed by atoms with Crippen LogP contribution in [0, 0.1) is 11.8 Å². The summed E-state index contributed by atoms with van der Waals surface area (Å²) in [6.45, 7) is 0.544. The van der Waals surface area contributed by atoms with Crippen molar-refractivity contribution in [3.63, 3.8) is 0 Å². The summed E-state index contributed by atoms with van der Waals surface area (Å²) in [6, 6.07) is 5.18. The van der Waals surface area contributed by atoms with Crippen LogP contribution in [0.4, 0.5) is 5.69 Å². The molecule has 1 aromatic carbocycles. The summed E-state index contributed by atoms with van der Waals surface area (Å²) in [5, 5.41) is 12.6. The number of nitrogens with two attached hydrogens (primary N) is 1. The first kappa shape index (κ1) is 13.4. The maximum absolute atomic E-state index is 12.2. The van der Waals surface area contributed by atoms with E-state index in [0.717, 1.165) is 19.3 Å². The molecule has 1 amide bonds. The predicted molar refractivity (Wildman–Crippen MR) is 74.3 cm³/mol. The van der Waals surface area contributed by atoms with Gasteiger partial charge in [-0.1, -0.05) is 12.5 Å². The minimum absolute atomic E-state index is 0.0339. The van der Waals surface area contributed by atoms with E-state index in [1.54, 1.807) is 18.2 Å². The minimum atomic E-state index is -0.0450. The largest absolute Gasteiger partial charge is 0.505 e. The zero-order valence-corrected chi connectivity index (χ0v) is 11.6. The Hall–Kier alpha value is -1.07. The fourth-order valence-corrected chi connectivity index (χ4v) is 2.87. The normalized spacial score (nSPS) is 23.0. The summed E-state index contributed by atoms with van der Waals surface area (Å²) in [5.74, 6) is 0.247. The molecule has 1 aliphatic carbocycles. The second-order valence-electron chi connectivity index (χ2n) is 4.66. The first-order chi connectivity index (χ1) is 8.63. The monoisotopic (exact) mass is 312 g/mol. The Bertz CT molecular complexity index is 451. The van der Waals surface area contributed by atoms with Crippen LogP contribution in [0.25, 0.3) is 0 Å². The highest BCUT2D eigenvalue weighted by Crippen LogP contribution is 2.35. The third-order valence-electron chi connectivity index (χ3n) is 3.54. The molecule has 98 valence electrons. The lowest BCUT2D eigenvalue weighted by atomic mass is 9.95. The van der Waals surface area contributed by atoms with E-state index in [2.05, 4.69) is 21.2 Å². The molecule has 1 fully saturated rings. The number of carbonyl (C=O) groups excluding carboxylic acids is 1. The summed E-state index contributed by atoms with van der Waals surface area (Å²) in [4.78, 5) is 12.2. The number of para-hydroxylation sites is 1. The molecule has 1 saturated carbocycles. The van der Waals surface area contributed by atoms with Gasteiger partial charge in [-0.3, -0.25) is 4.79 Å². The summed E-state index contributed by atoms with van der Waals surface area (Å²) in [6.07, 6.45) is 2.94. The molecule has 18 heavy (non-hydrogen) atoms. The number of hydrogen-bond acceptors (Lipinski definition) is 3. The fraction of sp³-hybridized carbons (Fsp3) is 0.462. The molecule has 0 bridgehead atoms. The average Bonchev–Trinajstić information content (AvgIpc) is 2.83. The number of rotatable bonds is 3. The molecule has 2 atom stereocenters. The molecule has 0 aromatic heterocycles. The van der Waals surface area contributed by atoms with Gasteiger partial charge in [0, 0.05) is 5.92 Å². The molecular formula is C13H17BrN2O2. The zero-order valence-electron chi connectivity index (χ0n) is 10.0. The zero-order chi connectivity index (χ0) is 13.1. The highest BCUT2D eigenvalue weighted by molar-refractivity contribution is 9.10. The molecule has 0 spiro atoms. The van der Waals surface area contributed by atoms with Gasteiger partial charge in [0.05, 0.1) is 10.2 Å². The smallest absolute Gasteiger partial charge is 0.227 e. The van der Waals surface area contributed by atoms with Crippen LogP contribution < -0.4 is 11.1 Å². The Labute approximate surface area is 115 Å². The van der Waals surface area contributed by atoms with Gasteiger partial charge in [0.25, 0.3) is 0 Å². The van der Waals surface area contributed by atoms with E-state index < -0.39 is 0 Å². The Balaban J connectivity index is 2.09. The molecule has 1 aromatic rings. The van der Waals surface area contributed by atoms with Crippen LogP contribution in [0.1, 0.15) is 19.3 Å². The quantitative estimate of drug-likeness (QED) is 0.750. The van der Waals surface area contributed by atoms with Crippen molar-refractivity contribution >= 4 is 27.5 Å². The van der Waals surface area contributed by atoms with Crippen molar-refractivity contribution in [2.75, 3.05) is 11.9 Å². The lowest BCUT2D eigenvalue weighted by molar-refractivity contribution is -0.120. The first-order valence-corrected chi connectivity index (χ1v) is 6.91. The highest BCUT2D eigenvalue weighted by Gasteiger charge is 2.32. The van der Waals surface area contributed by atoms with Crippen LogP contribution in [-0.2, 0) is 4.79 Å². The van der Waals surface area contributed by atoms with Crippen molar-refractivity contribution in [1.82, 2.24) is 0 Å². The van der Waals surface area contributed by atoms with Crippen molar-refractivity contribution in [2.45, 2.75) is 19.3 Å². The lowest BCUT2D eigenvalue weighted by Crippen LogP contribution is -2.29. The summed E-state index contributed by atoms with van der Waals surface area (Å²) in [7, 11) is 0. The van der Waals surface area contributed by atoms with Crippen LogP contribution in [-0.4, -0.2) is 17.6 Å². The van der Waals surface area contributed by atoms with Crippen molar-refractivity contribution < 1.29 is 9.90 Å². The Morgan fingerprint density at radius 3 is 3.00 bits per heavy atom. The van der Waals surface area contributed by atoms with Gasteiger partial charge in [0.1, 0.15) is 0 Å². The standard InChI is InChI=1S/C13H17BrN2O2/c14-10-5-2-6-11(12(10)17)16-13(18)9-4-1-3-8(9)7-15/h2,5-6,8-9,17H,1,3-4,7,15H2,(H,16,18). The number of amides is 1. The van der Waals surface area contributed by atoms with Crippen molar-refractivity contribution in [1.29, 1.82) is 0 Å². The molecule has 0 aliphatic heterocycles. The molecule has 5 heteroatoms. The van der Waals surface area contributed by atoms with Gasteiger partial charge < -0.3 is 16.2 Å². The van der Waals surface area contributed by atoms with E-state index >= 15 is 0 Å². The van der Waals surface area contributed by atoms with Gasteiger partial charge >= 0.3 is 0 Å². The fourth-order valence-electron chi connectivity index (χ4n) is 2.51. The predicted octanol–water partition coefficient (Wildman–Crippen LogP) is 2.47. The SMILES string of the molecule is NCC1CCCC1C(=O)Nc1cccc(Br)c1O. The summed E-state index contributed by atoms with van der Waals surface area (Å²) >= 11 is 3.22. The Kier molecular flexibility index (Phi) is 4.24. The third-order valence-corrected chi connectivity index (χ3v) is 4.18. The summed E-state index contributed by atoms with van der Waals surface area (Å²) < 4.78 is 0.571.